The van der Waals surface area contributed by atoms with Crippen molar-refractivity contribution >= 4 is 21.5 Å². The lowest BCUT2D eigenvalue weighted by Gasteiger charge is -2.32. The van der Waals surface area contributed by atoms with E-state index in [9.17, 15) is 18.0 Å². The first-order valence-electron chi connectivity index (χ1n) is 15.8. The van der Waals surface area contributed by atoms with Crippen LogP contribution in [0.5, 0.6) is 5.75 Å². The van der Waals surface area contributed by atoms with E-state index in [1.807, 2.05) is 24.3 Å². The summed E-state index contributed by atoms with van der Waals surface area (Å²) in [5.41, 5.74) is 2.72. The Bertz CT molecular complexity index is 1650. The van der Waals surface area contributed by atoms with Gasteiger partial charge in [0.25, 0.3) is 5.91 Å². The van der Waals surface area contributed by atoms with Crippen LogP contribution in [0.1, 0.15) is 76.9 Å². The molecule has 9 nitrogen and oxygen atoms in total. The lowest BCUT2D eigenvalue weighted by atomic mass is 9.90. The van der Waals surface area contributed by atoms with Crippen LogP contribution < -0.4 is 4.74 Å². The summed E-state index contributed by atoms with van der Waals surface area (Å²) in [7, 11) is -3.22. The number of sulfone groups is 1. The van der Waals surface area contributed by atoms with Gasteiger partial charge in [-0.1, -0.05) is 12.1 Å². The zero-order valence-electron chi connectivity index (χ0n) is 25.3. The van der Waals surface area contributed by atoms with Crippen LogP contribution in [0.15, 0.2) is 71.8 Å². The molecule has 1 aromatic heterocycles. The van der Waals surface area contributed by atoms with E-state index in [4.69, 9.17) is 10.00 Å². The molecule has 0 spiro atoms. The summed E-state index contributed by atoms with van der Waals surface area (Å²) in [5.74, 6) is 0.859. The fourth-order valence-electron chi connectivity index (χ4n) is 6.17. The molecule has 0 radical (unpaired) electrons. The number of amides is 1. The van der Waals surface area contributed by atoms with Gasteiger partial charge >= 0.3 is 0 Å². The molecule has 2 saturated heterocycles. The van der Waals surface area contributed by atoms with Gasteiger partial charge < -0.3 is 9.64 Å². The van der Waals surface area contributed by atoms with Crippen LogP contribution in [0.25, 0.3) is 0 Å². The van der Waals surface area contributed by atoms with Gasteiger partial charge in [-0.05, 0) is 98.8 Å². The number of aromatic nitrogens is 1. The van der Waals surface area contributed by atoms with Crippen molar-refractivity contribution in [1.29, 1.82) is 5.26 Å². The van der Waals surface area contributed by atoms with Crippen LogP contribution in [0.3, 0.4) is 0 Å². The summed E-state index contributed by atoms with van der Waals surface area (Å²) < 4.78 is 30.9. The molecular weight excluding hydrogens is 588 g/mol. The van der Waals surface area contributed by atoms with E-state index in [2.05, 4.69) is 16.0 Å². The first-order valence-corrected chi connectivity index (χ1v) is 17.3. The summed E-state index contributed by atoms with van der Waals surface area (Å²) in [5, 5.41) is 8.74. The highest BCUT2D eigenvalue weighted by atomic mass is 32.2. The minimum absolute atomic E-state index is 0.0585. The van der Waals surface area contributed by atoms with Gasteiger partial charge in [0.15, 0.2) is 15.6 Å². The number of ketones is 1. The summed E-state index contributed by atoms with van der Waals surface area (Å²) >= 11 is 0. The van der Waals surface area contributed by atoms with E-state index in [1.54, 1.807) is 41.3 Å². The minimum atomic E-state index is -3.22. The molecular formula is C35H38N4O5S. The third-order valence-electron chi connectivity index (χ3n) is 9.12. The Balaban J connectivity index is 0.929. The molecule has 234 valence electrons. The second kappa shape index (κ2) is 13.5. The van der Waals surface area contributed by atoms with Crippen molar-refractivity contribution in [2.45, 2.75) is 67.7 Å². The number of nitrogens with zero attached hydrogens (tertiary/aromatic N) is 4. The average Bonchev–Trinajstić information content (AvgIpc) is 3.93. The molecule has 3 fully saturated rings. The molecule has 3 aromatic rings. The van der Waals surface area contributed by atoms with Gasteiger partial charge in [0.2, 0.25) is 0 Å². The van der Waals surface area contributed by atoms with Gasteiger partial charge in [-0.15, -0.1) is 0 Å². The minimum Gasteiger partial charge on any atom is -0.490 e. The molecule has 2 aromatic carbocycles. The van der Waals surface area contributed by atoms with Crippen LogP contribution >= 0.6 is 0 Å². The number of benzene rings is 2. The molecule has 1 saturated carbocycles. The molecule has 6 rings (SSSR count). The molecule has 1 aliphatic carbocycles. The van der Waals surface area contributed by atoms with Gasteiger partial charge in [-0.3, -0.25) is 19.5 Å². The molecule has 2 aliphatic heterocycles. The van der Waals surface area contributed by atoms with Gasteiger partial charge in [-0.2, -0.15) is 5.26 Å². The van der Waals surface area contributed by atoms with Gasteiger partial charge in [-0.25, -0.2) is 8.42 Å². The van der Waals surface area contributed by atoms with E-state index in [0.29, 0.717) is 65.7 Å². The Labute approximate surface area is 264 Å². The molecule has 45 heavy (non-hydrogen) atoms. The zero-order valence-corrected chi connectivity index (χ0v) is 26.1. The Morgan fingerprint density at radius 2 is 1.56 bits per heavy atom. The quantitative estimate of drug-likeness (QED) is 0.287. The van der Waals surface area contributed by atoms with E-state index in [0.717, 1.165) is 45.3 Å². The van der Waals surface area contributed by atoms with Crippen molar-refractivity contribution in [3.63, 3.8) is 0 Å². The molecule has 1 amide bonds. The molecule has 0 N–H and O–H groups in total. The maximum atomic E-state index is 13.1. The van der Waals surface area contributed by atoms with Gasteiger partial charge in [0.05, 0.1) is 21.8 Å². The number of likely N-dealkylation sites (tertiary alicyclic amines) is 2. The fraction of sp³-hybridized carbons (Fsp3) is 0.429. The Hall–Kier alpha value is -4.07. The predicted molar refractivity (Wildman–Crippen MR) is 169 cm³/mol. The predicted octanol–water partition coefficient (Wildman–Crippen LogP) is 5.06. The maximum absolute atomic E-state index is 13.1. The smallest absolute Gasteiger partial charge is 0.272 e. The number of carbonyl (C=O) groups excluding carboxylic acids is 2. The lowest BCUT2D eigenvalue weighted by Crippen LogP contribution is -2.42. The molecule has 3 heterocycles. The summed E-state index contributed by atoms with van der Waals surface area (Å²) in [6.07, 6.45) is 6.66. The van der Waals surface area contributed by atoms with Crippen molar-refractivity contribution in [2.75, 3.05) is 26.2 Å². The first kappa shape index (κ1) is 30.9. The average molecular weight is 627 g/mol. The number of piperidine rings is 2. The van der Waals surface area contributed by atoms with E-state index in [1.165, 1.54) is 11.8 Å². The highest BCUT2D eigenvalue weighted by Crippen LogP contribution is 2.34. The number of carbonyl (C=O) groups is 2. The summed E-state index contributed by atoms with van der Waals surface area (Å²) in [4.78, 5) is 35.0. The molecule has 0 bridgehead atoms. The second-order valence-corrected chi connectivity index (χ2v) is 14.6. The van der Waals surface area contributed by atoms with Crippen LogP contribution in [0.2, 0.25) is 0 Å². The highest BCUT2D eigenvalue weighted by Gasteiger charge is 2.37. The van der Waals surface area contributed by atoms with Crippen molar-refractivity contribution in [3.05, 3.63) is 89.2 Å². The Kier molecular flexibility index (Phi) is 9.29. The number of hydrogen-bond donors (Lipinski definition) is 0. The number of Topliss-reactive ketones (excluding diaryl/α,β-unsaturated/α-hetero) is 1. The monoisotopic (exact) mass is 626 g/mol. The van der Waals surface area contributed by atoms with Crippen molar-refractivity contribution in [2.24, 2.45) is 5.92 Å². The third kappa shape index (κ3) is 7.60. The summed E-state index contributed by atoms with van der Waals surface area (Å²) in [6, 6.07) is 19.9. The van der Waals surface area contributed by atoms with Crippen LogP contribution in [0, 0.1) is 17.2 Å². The molecule has 0 atom stereocenters. The van der Waals surface area contributed by atoms with Crippen molar-refractivity contribution < 1.29 is 22.7 Å². The first-order chi connectivity index (χ1) is 21.8. The number of pyridine rings is 1. The van der Waals surface area contributed by atoms with Gasteiger partial charge in [0.1, 0.15) is 17.5 Å². The topological polar surface area (TPSA) is 121 Å². The number of ether oxygens (including phenoxy) is 1. The summed E-state index contributed by atoms with van der Waals surface area (Å²) in [6.45, 7) is 3.78. The van der Waals surface area contributed by atoms with Crippen LogP contribution in [-0.2, 0) is 16.4 Å². The normalized spacial score (nSPS) is 18.3. The molecule has 10 heteroatoms. The molecule has 0 unspecified atom stereocenters. The SMILES string of the molecule is N#Cc1ccc(CN2CCC(CC(=O)c3ccc(C(=O)N4CCC(Oc5ccc(S(=O)(=O)C6CC6)cc5)CC4)nc3)CC2)cc1. The second-order valence-electron chi connectivity index (χ2n) is 12.4. The largest absolute Gasteiger partial charge is 0.490 e. The van der Waals surface area contributed by atoms with E-state index in [-0.39, 0.29) is 23.0 Å². The Morgan fingerprint density at radius 3 is 2.16 bits per heavy atom. The fourth-order valence-corrected chi connectivity index (χ4v) is 7.82. The maximum Gasteiger partial charge on any atom is 0.272 e. The zero-order chi connectivity index (χ0) is 31.4. The number of hydrogen-bond acceptors (Lipinski definition) is 8. The van der Waals surface area contributed by atoms with Crippen LogP contribution in [0.4, 0.5) is 0 Å². The number of rotatable bonds is 10. The van der Waals surface area contributed by atoms with Gasteiger partial charge in [0, 0.05) is 50.7 Å². The van der Waals surface area contributed by atoms with Crippen molar-refractivity contribution in [1.82, 2.24) is 14.8 Å². The molecule has 3 aliphatic rings. The third-order valence-corrected chi connectivity index (χ3v) is 11.4. The van der Waals surface area contributed by atoms with Crippen molar-refractivity contribution in [3.8, 4) is 11.8 Å². The van der Waals surface area contributed by atoms with Crippen LogP contribution in [-0.4, -0.2) is 72.4 Å². The standard InChI is InChI=1S/C35H38N4O5S/c36-22-26-1-3-27(4-2-26)24-38-17-13-25(14-18-38)21-34(40)28-5-12-33(37-23-28)35(41)39-19-15-30(16-20-39)44-29-6-8-31(9-7-29)45(42,43)32-10-11-32/h1-9,12,23,25,30,32H,10-11,13-21,24H2. The highest BCUT2D eigenvalue weighted by molar-refractivity contribution is 7.92. The number of nitriles is 1. The van der Waals surface area contributed by atoms with E-state index < -0.39 is 9.84 Å². The Morgan fingerprint density at radius 1 is 0.867 bits per heavy atom. The lowest BCUT2D eigenvalue weighted by molar-refractivity contribution is 0.0589. The van der Waals surface area contributed by atoms with E-state index >= 15 is 0 Å².